The minimum Gasteiger partial charge on any atom is -0.379 e. The van der Waals surface area contributed by atoms with E-state index in [1.807, 2.05) is 23.5 Å². The van der Waals surface area contributed by atoms with E-state index in [9.17, 15) is 21.6 Å². The lowest BCUT2D eigenvalue weighted by atomic mass is 10.2. The lowest BCUT2D eigenvalue weighted by molar-refractivity contribution is -0.137. The Bertz CT molecular complexity index is 843. The first kappa shape index (κ1) is 18.5. The van der Waals surface area contributed by atoms with Crippen molar-refractivity contribution in [3.05, 3.63) is 59.7 Å². The van der Waals surface area contributed by atoms with Crippen molar-refractivity contribution >= 4 is 33.6 Å². The van der Waals surface area contributed by atoms with E-state index in [0.29, 0.717) is 10.6 Å². The van der Waals surface area contributed by atoms with Gasteiger partial charge in [-0.15, -0.1) is 23.5 Å². The van der Waals surface area contributed by atoms with E-state index in [2.05, 4.69) is 0 Å². The van der Waals surface area contributed by atoms with E-state index in [1.165, 1.54) is 12.1 Å². The van der Waals surface area contributed by atoms with Crippen LogP contribution >= 0.6 is 23.5 Å². The van der Waals surface area contributed by atoms with Crippen molar-refractivity contribution in [1.82, 2.24) is 0 Å². The van der Waals surface area contributed by atoms with Gasteiger partial charge in [0.05, 0.1) is 10.1 Å². The predicted molar refractivity (Wildman–Crippen MR) is 93.4 cm³/mol. The highest BCUT2D eigenvalue weighted by Crippen LogP contribution is 2.45. The number of halogens is 3. The number of alkyl halides is 3. The monoisotopic (exact) mass is 406 g/mol. The molecule has 0 radical (unpaired) electrons. The van der Waals surface area contributed by atoms with Gasteiger partial charge in [0, 0.05) is 11.5 Å². The van der Waals surface area contributed by atoms with E-state index in [1.54, 1.807) is 12.1 Å². The Morgan fingerprint density at radius 3 is 2.24 bits per heavy atom. The fourth-order valence-corrected chi connectivity index (χ4v) is 6.07. The molecule has 0 saturated carbocycles. The molecule has 0 aromatic heterocycles. The molecule has 2 aromatic carbocycles. The normalized spacial score (nSPS) is 16.1. The van der Waals surface area contributed by atoms with Crippen LogP contribution in [0.4, 0.5) is 13.2 Å². The van der Waals surface area contributed by atoms with Gasteiger partial charge in [-0.3, -0.25) is 0 Å². The second-order valence-corrected chi connectivity index (χ2v) is 9.48. The lowest BCUT2D eigenvalue weighted by Crippen LogP contribution is -2.12. The van der Waals surface area contributed by atoms with Gasteiger partial charge in [0.15, 0.2) is 0 Å². The molecule has 3 nitrogen and oxygen atoms in total. The first-order valence-electron chi connectivity index (χ1n) is 7.21. The Labute approximate surface area is 152 Å². The van der Waals surface area contributed by atoms with E-state index in [-0.39, 0.29) is 5.75 Å². The molecule has 0 bridgehead atoms. The van der Waals surface area contributed by atoms with Gasteiger partial charge >= 0.3 is 16.3 Å². The van der Waals surface area contributed by atoms with E-state index >= 15 is 0 Å². The zero-order valence-electron chi connectivity index (χ0n) is 12.7. The smallest absolute Gasteiger partial charge is 0.379 e. The molecule has 9 heteroatoms. The molecule has 0 aliphatic carbocycles. The molecule has 1 fully saturated rings. The second kappa shape index (κ2) is 7.13. The molecule has 3 rings (SSSR count). The second-order valence-electron chi connectivity index (χ2n) is 5.21. The molecule has 0 spiro atoms. The van der Waals surface area contributed by atoms with Crippen molar-refractivity contribution in [3.8, 4) is 5.75 Å². The molecule has 1 heterocycles. The van der Waals surface area contributed by atoms with Gasteiger partial charge in [0.2, 0.25) is 0 Å². The summed E-state index contributed by atoms with van der Waals surface area (Å²) in [5, 5.41) is 0. The van der Waals surface area contributed by atoms with E-state index < -0.39 is 26.8 Å². The quantitative estimate of drug-likeness (QED) is 0.672. The summed E-state index contributed by atoms with van der Waals surface area (Å²) < 4.78 is 67.9. The Hall–Kier alpha value is -1.32. The maximum atomic E-state index is 12.7. The lowest BCUT2D eigenvalue weighted by Gasteiger charge is -2.12. The molecule has 0 unspecified atom stereocenters. The molecular weight excluding hydrogens is 393 g/mol. The summed E-state index contributed by atoms with van der Waals surface area (Å²) in [6.45, 7) is 0. The van der Waals surface area contributed by atoms with Gasteiger partial charge in [0.25, 0.3) is 0 Å². The predicted octanol–water partition coefficient (Wildman–Crippen LogP) is 4.95. The van der Waals surface area contributed by atoms with Crippen molar-refractivity contribution < 1.29 is 25.8 Å². The summed E-state index contributed by atoms with van der Waals surface area (Å²) in [6, 6.07) is 10.1. The third kappa shape index (κ3) is 4.45. The molecule has 2 aromatic rings. The topological polar surface area (TPSA) is 43.4 Å². The summed E-state index contributed by atoms with van der Waals surface area (Å²) in [7, 11) is -4.34. The van der Waals surface area contributed by atoms with Crippen molar-refractivity contribution in [2.45, 2.75) is 15.7 Å². The maximum Gasteiger partial charge on any atom is 0.416 e. The number of hydrogen-bond donors (Lipinski definition) is 0. The highest BCUT2D eigenvalue weighted by Gasteiger charge is 2.32. The van der Waals surface area contributed by atoms with Crippen LogP contribution < -0.4 is 4.18 Å². The van der Waals surface area contributed by atoms with Crippen LogP contribution in [0, 0.1) is 0 Å². The summed E-state index contributed by atoms with van der Waals surface area (Å²) in [4.78, 5) is -0.534. The fraction of sp³-hybridized carbons (Fsp3) is 0.250. The molecular formula is C16H13F3O3S3. The Balaban J connectivity index is 1.79. The van der Waals surface area contributed by atoms with Gasteiger partial charge in [0.1, 0.15) is 10.6 Å². The van der Waals surface area contributed by atoms with Crippen molar-refractivity contribution in [3.63, 3.8) is 0 Å². The Morgan fingerprint density at radius 2 is 1.64 bits per heavy atom. The zero-order valence-corrected chi connectivity index (χ0v) is 15.1. The minimum absolute atomic E-state index is 0.0640. The third-order valence-corrected chi connectivity index (χ3v) is 7.78. The molecule has 25 heavy (non-hydrogen) atoms. The summed E-state index contributed by atoms with van der Waals surface area (Å²) in [6.07, 6.45) is -4.62. The third-order valence-electron chi connectivity index (χ3n) is 3.43. The van der Waals surface area contributed by atoms with Crippen LogP contribution in [0.15, 0.2) is 53.4 Å². The molecule has 0 atom stereocenters. The SMILES string of the molecule is O=S(=O)(Oc1ccc(C2SCCS2)cc1)c1cccc(C(F)(F)F)c1. The van der Waals surface area contributed by atoms with Crippen LogP contribution in [-0.4, -0.2) is 19.9 Å². The first-order chi connectivity index (χ1) is 11.8. The van der Waals surface area contributed by atoms with Gasteiger partial charge in [-0.05, 0) is 35.9 Å². The molecule has 0 amide bonds. The van der Waals surface area contributed by atoms with Gasteiger partial charge in [-0.2, -0.15) is 21.6 Å². The van der Waals surface area contributed by atoms with Crippen LogP contribution in [-0.2, 0) is 16.3 Å². The summed E-state index contributed by atoms with van der Waals surface area (Å²) in [5.74, 6) is 2.20. The van der Waals surface area contributed by atoms with Crippen molar-refractivity contribution in [2.24, 2.45) is 0 Å². The van der Waals surface area contributed by atoms with Gasteiger partial charge in [-0.1, -0.05) is 18.2 Å². The molecule has 1 aliphatic heterocycles. The largest absolute Gasteiger partial charge is 0.416 e. The molecule has 0 N–H and O–H groups in total. The maximum absolute atomic E-state index is 12.7. The average Bonchev–Trinajstić information content (AvgIpc) is 3.09. The van der Waals surface area contributed by atoms with Crippen LogP contribution in [0.3, 0.4) is 0 Å². The first-order valence-corrected chi connectivity index (χ1v) is 10.7. The van der Waals surface area contributed by atoms with E-state index in [4.69, 9.17) is 4.18 Å². The van der Waals surface area contributed by atoms with Crippen LogP contribution in [0.1, 0.15) is 15.7 Å². The average molecular weight is 406 g/mol. The van der Waals surface area contributed by atoms with Crippen molar-refractivity contribution in [1.29, 1.82) is 0 Å². The van der Waals surface area contributed by atoms with Crippen molar-refractivity contribution in [2.75, 3.05) is 11.5 Å². The van der Waals surface area contributed by atoms with Crippen LogP contribution in [0.25, 0.3) is 0 Å². The number of rotatable bonds is 4. The number of benzene rings is 2. The Morgan fingerprint density at radius 1 is 1.00 bits per heavy atom. The van der Waals surface area contributed by atoms with Crippen LogP contribution in [0.2, 0.25) is 0 Å². The highest BCUT2D eigenvalue weighted by molar-refractivity contribution is 8.19. The number of thioether (sulfide) groups is 2. The van der Waals surface area contributed by atoms with Gasteiger partial charge < -0.3 is 4.18 Å². The fourth-order valence-electron chi connectivity index (χ4n) is 2.23. The summed E-state index contributed by atoms with van der Waals surface area (Å²) >= 11 is 3.63. The van der Waals surface area contributed by atoms with Crippen LogP contribution in [0.5, 0.6) is 5.75 Å². The summed E-state index contributed by atoms with van der Waals surface area (Å²) in [5.41, 5.74) is 0.0131. The number of hydrogen-bond acceptors (Lipinski definition) is 5. The van der Waals surface area contributed by atoms with E-state index in [0.717, 1.165) is 35.3 Å². The zero-order chi connectivity index (χ0) is 18.1. The molecule has 1 aliphatic rings. The minimum atomic E-state index is -4.62. The van der Waals surface area contributed by atoms with Gasteiger partial charge in [-0.25, -0.2) is 0 Å². The standard InChI is InChI=1S/C16H13F3O3S3/c17-16(18,19)12-2-1-3-14(10-12)25(20,21)22-13-6-4-11(5-7-13)15-23-8-9-24-15/h1-7,10,15H,8-9H2. The Kier molecular flexibility index (Phi) is 5.26. The molecule has 134 valence electrons. The molecule has 1 saturated heterocycles. The highest BCUT2D eigenvalue weighted by atomic mass is 32.2.